The number of fused-ring (bicyclic) bond motifs is 1. The van der Waals surface area contributed by atoms with E-state index in [9.17, 15) is 9.59 Å². The van der Waals surface area contributed by atoms with Gasteiger partial charge in [0.2, 0.25) is 0 Å². The monoisotopic (exact) mass is 501 g/mol. The molecule has 1 aliphatic heterocycles. The van der Waals surface area contributed by atoms with E-state index in [1.165, 1.54) is 0 Å². The number of nitrogens with zero attached hydrogens (tertiary/aromatic N) is 3. The Morgan fingerprint density at radius 1 is 1.22 bits per heavy atom. The summed E-state index contributed by atoms with van der Waals surface area (Å²) in [4.78, 5) is 30.2. The molecule has 0 unspecified atom stereocenters. The second kappa shape index (κ2) is 12.2. The standard InChI is InChI=1S/C26H39N5O5/c1-8-11-31-13-16(2)23(34-7)14-30(6)25(32)21-12-20(9-10-22(21)35-15-17(31)3)27-26(33)28-24-18(4)29-36-19(24)5/h9-10,12,16-17,23H,8,11,13-15H2,1-7H3,(H2,27,28,33)/t16-,17+,23+/m0/s1. The number of ether oxygens (including phenoxy) is 2. The summed E-state index contributed by atoms with van der Waals surface area (Å²) in [6, 6.07) is 4.79. The Balaban J connectivity index is 1.87. The van der Waals surface area contributed by atoms with Crippen molar-refractivity contribution in [2.75, 3.05) is 51.0 Å². The summed E-state index contributed by atoms with van der Waals surface area (Å²) in [6.07, 6.45) is 0.922. The molecule has 36 heavy (non-hydrogen) atoms. The van der Waals surface area contributed by atoms with Gasteiger partial charge in [0.05, 0.1) is 11.7 Å². The molecule has 198 valence electrons. The topological polar surface area (TPSA) is 109 Å². The number of carbonyl (C=O) groups excluding carboxylic acids is 2. The van der Waals surface area contributed by atoms with Gasteiger partial charge in [0.25, 0.3) is 5.91 Å². The number of hydrogen-bond donors (Lipinski definition) is 2. The van der Waals surface area contributed by atoms with E-state index in [-0.39, 0.29) is 24.0 Å². The van der Waals surface area contributed by atoms with E-state index >= 15 is 0 Å². The third-order valence-corrected chi connectivity index (χ3v) is 6.61. The van der Waals surface area contributed by atoms with Crippen LogP contribution in [0.1, 0.15) is 49.0 Å². The second-order valence-corrected chi connectivity index (χ2v) is 9.58. The predicted molar refractivity (Wildman–Crippen MR) is 139 cm³/mol. The maximum absolute atomic E-state index is 13.5. The number of methoxy groups -OCH3 is 1. The lowest BCUT2D eigenvalue weighted by molar-refractivity contribution is 0.0108. The first-order valence-corrected chi connectivity index (χ1v) is 12.4. The molecule has 0 aliphatic carbocycles. The van der Waals surface area contributed by atoms with Crippen LogP contribution in [0.2, 0.25) is 0 Å². The molecule has 2 aromatic rings. The molecule has 0 bridgehead atoms. The summed E-state index contributed by atoms with van der Waals surface area (Å²) in [7, 11) is 3.45. The molecule has 1 aliphatic rings. The summed E-state index contributed by atoms with van der Waals surface area (Å²) in [6.45, 7) is 12.6. The Morgan fingerprint density at radius 2 is 1.97 bits per heavy atom. The Hall–Kier alpha value is -3.11. The number of hydrogen-bond acceptors (Lipinski definition) is 7. The lowest BCUT2D eigenvalue weighted by Gasteiger charge is -2.35. The largest absolute Gasteiger partial charge is 0.491 e. The molecule has 3 amide bonds. The van der Waals surface area contributed by atoms with Gasteiger partial charge in [-0.1, -0.05) is 19.0 Å². The molecule has 0 saturated heterocycles. The third-order valence-electron chi connectivity index (χ3n) is 6.61. The first-order valence-electron chi connectivity index (χ1n) is 12.4. The average Bonchev–Trinajstić information content (AvgIpc) is 3.16. The van der Waals surface area contributed by atoms with Gasteiger partial charge in [0, 0.05) is 39.0 Å². The number of nitrogens with one attached hydrogen (secondary N) is 2. The number of rotatable bonds is 5. The van der Waals surface area contributed by atoms with Crippen molar-refractivity contribution in [3.05, 3.63) is 35.2 Å². The molecule has 3 rings (SSSR count). The van der Waals surface area contributed by atoms with Crippen LogP contribution in [0.4, 0.5) is 16.2 Å². The van der Waals surface area contributed by atoms with Crippen LogP contribution in [-0.2, 0) is 4.74 Å². The summed E-state index contributed by atoms with van der Waals surface area (Å²) in [5.41, 5.74) is 1.94. The van der Waals surface area contributed by atoms with Crippen LogP contribution in [0.3, 0.4) is 0 Å². The fourth-order valence-corrected chi connectivity index (χ4v) is 4.47. The van der Waals surface area contributed by atoms with Gasteiger partial charge in [-0.2, -0.15) is 0 Å². The zero-order chi connectivity index (χ0) is 26.4. The van der Waals surface area contributed by atoms with E-state index in [1.807, 2.05) is 0 Å². The number of carbonyl (C=O) groups is 2. The normalized spacial score (nSPS) is 21.7. The van der Waals surface area contributed by atoms with Gasteiger partial charge in [0.15, 0.2) is 5.76 Å². The molecule has 0 spiro atoms. The smallest absolute Gasteiger partial charge is 0.323 e. The molecule has 0 saturated carbocycles. The van der Waals surface area contributed by atoms with Gasteiger partial charge in [-0.05, 0) is 57.9 Å². The highest BCUT2D eigenvalue weighted by atomic mass is 16.5. The van der Waals surface area contributed by atoms with E-state index < -0.39 is 6.03 Å². The summed E-state index contributed by atoms with van der Waals surface area (Å²) in [5.74, 6) is 1.01. The third kappa shape index (κ3) is 6.55. The molecule has 0 fully saturated rings. The number of benzene rings is 1. The Kier molecular flexibility index (Phi) is 9.33. The molecule has 1 aromatic carbocycles. The van der Waals surface area contributed by atoms with E-state index in [4.69, 9.17) is 14.0 Å². The zero-order valence-corrected chi connectivity index (χ0v) is 22.4. The maximum atomic E-state index is 13.5. The molecule has 2 heterocycles. The lowest BCUT2D eigenvalue weighted by atomic mass is 10.0. The highest BCUT2D eigenvalue weighted by Gasteiger charge is 2.28. The number of aromatic nitrogens is 1. The van der Waals surface area contributed by atoms with Crippen LogP contribution in [0.5, 0.6) is 5.75 Å². The number of amides is 3. The minimum absolute atomic E-state index is 0.114. The van der Waals surface area contributed by atoms with Crippen LogP contribution >= 0.6 is 0 Å². The van der Waals surface area contributed by atoms with Crippen molar-refractivity contribution in [2.45, 2.75) is 53.2 Å². The SMILES string of the molecule is CCCN1C[C@H](C)[C@H](OC)CN(C)C(=O)c2cc(NC(=O)Nc3c(C)noc3C)ccc2OC[C@H]1C. The zero-order valence-electron chi connectivity index (χ0n) is 22.4. The van der Waals surface area contributed by atoms with Crippen molar-refractivity contribution >= 4 is 23.3 Å². The molecule has 0 radical (unpaired) electrons. The highest BCUT2D eigenvalue weighted by molar-refractivity contribution is 6.02. The number of aryl methyl sites for hydroxylation is 2. The Labute approximate surface area is 213 Å². The molecule has 1 aromatic heterocycles. The summed E-state index contributed by atoms with van der Waals surface area (Å²) >= 11 is 0. The van der Waals surface area contributed by atoms with Crippen molar-refractivity contribution in [3.63, 3.8) is 0 Å². The molecular weight excluding hydrogens is 462 g/mol. The minimum Gasteiger partial charge on any atom is -0.491 e. The van der Waals surface area contributed by atoms with Crippen LogP contribution in [0.25, 0.3) is 0 Å². The number of anilines is 2. The van der Waals surface area contributed by atoms with Crippen molar-refractivity contribution in [2.24, 2.45) is 5.92 Å². The Morgan fingerprint density at radius 3 is 2.61 bits per heavy atom. The summed E-state index contributed by atoms with van der Waals surface area (Å²) < 4.78 is 17.1. The van der Waals surface area contributed by atoms with Crippen LogP contribution in [-0.4, -0.2) is 79.4 Å². The van der Waals surface area contributed by atoms with Gasteiger partial charge in [-0.3, -0.25) is 9.69 Å². The fourth-order valence-electron chi connectivity index (χ4n) is 4.47. The van der Waals surface area contributed by atoms with E-state index in [0.29, 0.717) is 47.3 Å². The molecular formula is C26H39N5O5. The van der Waals surface area contributed by atoms with Crippen molar-refractivity contribution in [3.8, 4) is 5.75 Å². The highest BCUT2D eigenvalue weighted by Crippen LogP contribution is 2.27. The predicted octanol–water partition coefficient (Wildman–Crippen LogP) is 4.15. The van der Waals surface area contributed by atoms with E-state index in [0.717, 1.165) is 19.5 Å². The van der Waals surface area contributed by atoms with Gasteiger partial charge in [0.1, 0.15) is 23.7 Å². The van der Waals surface area contributed by atoms with Crippen LogP contribution in [0, 0.1) is 19.8 Å². The summed E-state index contributed by atoms with van der Waals surface area (Å²) in [5, 5.41) is 9.38. The lowest BCUT2D eigenvalue weighted by Crippen LogP contribution is -2.46. The minimum atomic E-state index is -0.462. The van der Waals surface area contributed by atoms with Crippen molar-refractivity contribution < 1.29 is 23.6 Å². The van der Waals surface area contributed by atoms with E-state index in [1.54, 1.807) is 51.1 Å². The van der Waals surface area contributed by atoms with Gasteiger partial charge in [-0.15, -0.1) is 0 Å². The van der Waals surface area contributed by atoms with Crippen LogP contribution in [0.15, 0.2) is 22.7 Å². The molecule has 2 N–H and O–H groups in total. The van der Waals surface area contributed by atoms with Gasteiger partial charge in [-0.25, -0.2) is 4.79 Å². The number of urea groups is 1. The number of likely N-dealkylation sites (N-methyl/N-ethyl adjacent to an activating group) is 1. The average molecular weight is 502 g/mol. The van der Waals surface area contributed by atoms with Gasteiger partial charge >= 0.3 is 6.03 Å². The molecule has 10 heteroatoms. The quantitative estimate of drug-likeness (QED) is 0.633. The Bertz CT molecular complexity index is 1040. The first kappa shape index (κ1) is 27.5. The van der Waals surface area contributed by atoms with Crippen molar-refractivity contribution in [1.29, 1.82) is 0 Å². The van der Waals surface area contributed by atoms with Gasteiger partial charge < -0.3 is 29.5 Å². The van der Waals surface area contributed by atoms with E-state index in [2.05, 4.69) is 41.5 Å². The first-order chi connectivity index (χ1) is 17.1. The van der Waals surface area contributed by atoms with Crippen LogP contribution < -0.4 is 15.4 Å². The fraction of sp³-hybridized carbons (Fsp3) is 0.577. The molecule has 3 atom stereocenters. The van der Waals surface area contributed by atoms with Crippen molar-refractivity contribution in [1.82, 2.24) is 15.0 Å². The molecule has 10 nitrogen and oxygen atoms in total. The maximum Gasteiger partial charge on any atom is 0.323 e. The second-order valence-electron chi connectivity index (χ2n) is 9.58.